The van der Waals surface area contributed by atoms with Crippen LogP contribution in [0.25, 0.3) is 0 Å². The highest BCUT2D eigenvalue weighted by Crippen LogP contribution is 2.00. The molecule has 8 heavy (non-hydrogen) atoms. The van der Waals surface area contributed by atoms with Gasteiger partial charge in [-0.1, -0.05) is 0 Å². The van der Waals surface area contributed by atoms with Crippen LogP contribution in [0.15, 0.2) is 12.3 Å². The molecule has 1 heterocycles. The second-order valence-electron chi connectivity index (χ2n) is 1.70. The zero-order valence-electron chi connectivity index (χ0n) is 4.55. The summed E-state index contributed by atoms with van der Waals surface area (Å²) in [6, 6.07) is 0. The maximum Gasteiger partial charge on any atom is 0.259 e. The molecule has 0 radical (unpaired) electrons. The van der Waals surface area contributed by atoms with E-state index in [9.17, 15) is 4.79 Å². The van der Waals surface area contributed by atoms with E-state index in [1.165, 1.54) is 6.26 Å². The van der Waals surface area contributed by atoms with Crippen LogP contribution in [0.5, 0.6) is 0 Å². The van der Waals surface area contributed by atoms with Crippen molar-refractivity contribution in [3.05, 3.63) is 12.3 Å². The van der Waals surface area contributed by atoms with E-state index < -0.39 is 0 Å². The molecule has 1 atom stereocenters. The molecule has 1 amide bonds. The van der Waals surface area contributed by atoms with Gasteiger partial charge in [0.15, 0.2) is 0 Å². The minimum atomic E-state index is -0.0903. The summed E-state index contributed by atoms with van der Waals surface area (Å²) >= 11 is 0. The quantitative estimate of drug-likeness (QED) is 0.487. The summed E-state index contributed by atoms with van der Waals surface area (Å²) in [6.45, 7) is 1.80. The van der Waals surface area contributed by atoms with E-state index in [1.807, 2.05) is 0 Å². The molecule has 0 fully saturated rings. The van der Waals surface area contributed by atoms with Crippen molar-refractivity contribution in [3.8, 4) is 0 Å². The van der Waals surface area contributed by atoms with Crippen LogP contribution in [0.3, 0.4) is 0 Å². The van der Waals surface area contributed by atoms with Crippen LogP contribution in [0.1, 0.15) is 6.92 Å². The lowest BCUT2D eigenvalue weighted by Crippen LogP contribution is -2.29. The summed E-state index contributed by atoms with van der Waals surface area (Å²) in [5.41, 5.74) is 2.21. The molecule has 1 rings (SSSR count). The summed E-state index contributed by atoms with van der Waals surface area (Å²) < 4.78 is 0. The molecule has 1 unspecified atom stereocenters. The molecular weight excluding hydrogens is 106 g/mol. The lowest BCUT2D eigenvalue weighted by molar-refractivity contribution is -0.133. The minimum absolute atomic E-state index is 0.0521. The Morgan fingerprint density at radius 1 is 1.88 bits per heavy atom. The van der Waals surface area contributed by atoms with E-state index in [0.717, 1.165) is 0 Å². The summed E-state index contributed by atoms with van der Waals surface area (Å²) in [7, 11) is 0. The molecule has 0 aromatic heterocycles. The molecule has 0 saturated heterocycles. The van der Waals surface area contributed by atoms with Gasteiger partial charge >= 0.3 is 0 Å². The third-order valence-corrected chi connectivity index (χ3v) is 1.01. The van der Waals surface area contributed by atoms with Crippen LogP contribution in [0, 0.1) is 5.92 Å². The highest BCUT2D eigenvalue weighted by atomic mass is 16.6. The smallest absolute Gasteiger partial charge is 0.259 e. The van der Waals surface area contributed by atoms with Crippen molar-refractivity contribution in [2.24, 2.45) is 5.92 Å². The van der Waals surface area contributed by atoms with Crippen LogP contribution < -0.4 is 5.48 Å². The Morgan fingerprint density at radius 2 is 2.62 bits per heavy atom. The lowest BCUT2D eigenvalue weighted by atomic mass is 10.2. The van der Waals surface area contributed by atoms with Crippen LogP contribution in [-0.2, 0) is 9.63 Å². The molecular formula is C5H7NO2. The first-order valence-electron chi connectivity index (χ1n) is 2.43. The number of carbonyl (C=O) groups is 1. The average Bonchev–Trinajstić information content (AvgIpc) is 1.77. The van der Waals surface area contributed by atoms with Gasteiger partial charge in [0.1, 0.15) is 6.26 Å². The average molecular weight is 113 g/mol. The number of rotatable bonds is 0. The number of amides is 1. The van der Waals surface area contributed by atoms with Crippen LogP contribution in [-0.4, -0.2) is 5.91 Å². The van der Waals surface area contributed by atoms with Gasteiger partial charge in [0.25, 0.3) is 5.91 Å². The van der Waals surface area contributed by atoms with Gasteiger partial charge in [0.05, 0.1) is 5.92 Å². The summed E-state index contributed by atoms with van der Waals surface area (Å²) in [5, 5.41) is 0. The number of hydrogen-bond acceptors (Lipinski definition) is 2. The summed E-state index contributed by atoms with van der Waals surface area (Å²) in [6.07, 6.45) is 3.16. The SMILES string of the molecule is CC1C=CONC1=O. The van der Waals surface area contributed by atoms with E-state index in [2.05, 4.69) is 10.3 Å². The lowest BCUT2D eigenvalue weighted by Gasteiger charge is -2.10. The fourth-order valence-electron chi connectivity index (χ4n) is 0.430. The Kier molecular flexibility index (Phi) is 1.20. The van der Waals surface area contributed by atoms with Crippen molar-refractivity contribution in [2.45, 2.75) is 6.92 Å². The van der Waals surface area contributed by atoms with Crippen LogP contribution in [0.2, 0.25) is 0 Å². The van der Waals surface area contributed by atoms with Crippen molar-refractivity contribution in [1.29, 1.82) is 0 Å². The monoisotopic (exact) mass is 113 g/mol. The second kappa shape index (κ2) is 1.86. The molecule has 0 spiro atoms. The third kappa shape index (κ3) is 0.804. The number of hydroxylamine groups is 1. The van der Waals surface area contributed by atoms with Crippen LogP contribution >= 0.6 is 0 Å². The van der Waals surface area contributed by atoms with Crippen molar-refractivity contribution in [1.82, 2.24) is 5.48 Å². The fraction of sp³-hybridized carbons (Fsp3) is 0.400. The highest BCUT2D eigenvalue weighted by Gasteiger charge is 2.11. The molecule has 0 saturated carbocycles. The summed E-state index contributed by atoms with van der Waals surface area (Å²) in [4.78, 5) is 15.0. The van der Waals surface area contributed by atoms with Gasteiger partial charge in [0.2, 0.25) is 0 Å². The van der Waals surface area contributed by atoms with Crippen molar-refractivity contribution < 1.29 is 9.63 Å². The molecule has 0 aromatic rings. The molecule has 1 N–H and O–H groups in total. The van der Waals surface area contributed by atoms with Gasteiger partial charge in [-0.2, -0.15) is 5.48 Å². The zero-order valence-corrected chi connectivity index (χ0v) is 4.55. The topological polar surface area (TPSA) is 38.3 Å². The van der Waals surface area contributed by atoms with Gasteiger partial charge in [-0.25, -0.2) is 0 Å². The zero-order chi connectivity index (χ0) is 5.98. The van der Waals surface area contributed by atoms with Crippen molar-refractivity contribution in [3.63, 3.8) is 0 Å². The molecule has 1 aliphatic rings. The molecule has 1 aliphatic heterocycles. The van der Waals surface area contributed by atoms with E-state index in [-0.39, 0.29) is 11.8 Å². The number of hydrogen-bond donors (Lipinski definition) is 1. The number of carbonyl (C=O) groups excluding carboxylic acids is 1. The van der Waals surface area contributed by atoms with Gasteiger partial charge in [-0.15, -0.1) is 0 Å². The van der Waals surface area contributed by atoms with E-state index in [0.29, 0.717) is 0 Å². The standard InChI is InChI=1S/C5H7NO2/c1-4-2-3-8-6-5(4)7/h2-4H,1H3,(H,6,7). The first-order chi connectivity index (χ1) is 3.80. The largest absolute Gasteiger partial charge is 0.388 e. The van der Waals surface area contributed by atoms with E-state index >= 15 is 0 Å². The third-order valence-electron chi connectivity index (χ3n) is 1.01. The molecule has 3 heteroatoms. The Balaban J connectivity index is 2.60. The number of nitrogens with one attached hydrogen (secondary N) is 1. The van der Waals surface area contributed by atoms with E-state index in [1.54, 1.807) is 13.0 Å². The van der Waals surface area contributed by atoms with Gasteiger partial charge in [-0.05, 0) is 13.0 Å². The molecule has 3 nitrogen and oxygen atoms in total. The Bertz CT molecular complexity index is 130. The highest BCUT2D eigenvalue weighted by molar-refractivity contribution is 5.79. The Morgan fingerprint density at radius 3 is 3.00 bits per heavy atom. The first kappa shape index (κ1) is 5.15. The minimum Gasteiger partial charge on any atom is -0.388 e. The summed E-state index contributed by atoms with van der Waals surface area (Å²) in [5.74, 6) is -0.142. The van der Waals surface area contributed by atoms with Gasteiger partial charge < -0.3 is 4.84 Å². The predicted octanol–water partition coefficient (Wildman–Crippen LogP) is 0.198. The molecule has 0 aromatic carbocycles. The Labute approximate surface area is 47.3 Å². The second-order valence-corrected chi connectivity index (χ2v) is 1.70. The molecule has 0 aliphatic carbocycles. The fourth-order valence-corrected chi connectivity index (χ4v) is 0.430. The Hall–Kier alpha value is -0.990. The van der Waals surface area contributed by atoms with Crippen molar-refractivity contribution >= 4 is 5.91 Å². The normalized spacial score (nSPS) is 26.6. The van der Waals surface area contributed by atoms with Crippen LogP contribution in [0.4, 0.5) is 0 Å². The van der Waals surface area contributed by atoms with E-state index in [4.69, 9.17) is 0 Å². The van der Waals surface area contributed by atoms with Gasteiger partial charge in [-0.3, -0.25) is 4.79 Å². The predicted molar refractivity (Wildman–Crippen MR) is 27.5 cm³/mol. The van der Waals surface area contributed by atoms with Crippen molar-refractivity contribution in [2.75, 3.05) is 0 Å². The van der Waals surface area contributed by atoms with Gasteiger partial charge in [0, 0.05) is 0 Å². The maximum absolute atomic E-state index is 10.5. The maximum atomic E-state index is 10.5. The first-order valence-corrected chi connectivity index (χ1v) is 2.43. The molecule has 44 valence electrons. The molecule has 0 bridgehead atoms.